The molecule has 0 unspecified atom stereocenters. The van der Waals surface area contributed by atoms with E-state index in [0.717, 1.165) is 0 Å². The Morgan fingerprint density at radius 3 is 2.96 bits per heavy atom. The third kappa shape index (κ3) is 2.95. The van der Waals surface area contributed by atoms with Crippen LogP contribution in [0.25, 0.3) is 5.65 Å². The van der Waals surface area contributed by atoms with Gasteiger partial charge in [0.2, 0.25) is 0 Å². The Morgan fingerprint density at radius 1 is 1.27 bits per heavy atom. The molecule has 0 aliphatic carbocycles. The van der Waals surface area contributed by atoms with Crippen molar-refractivity contribution in [3.63, 3.8) is 0 Å². The molecular formula is C18H14FN5OS. The Labute approximate surface area is 151 Å². The highest BCUT2D eigenvalue weighted by molar-refractivity contribution is 7.07. The van der Waals surface area contributed by atoms with Crippen LogP contribution >= 0.6 is 11.3 Å². The van der Waals surface area contributed by atoms with E-state index in [9.17, 15) is 9.18 Å². The molecule has 6 nitrogen and oxygen atoms in total. The summed E-state index contributed by atoms with van der Waals surface area (Å²) in [5, 5.41) is 6.10. The lowest BCUT2D eigenvalue weighted by atomic mass is 10.2. The Balaban J connectivity index is 1.73. The largest absolute Gasteiger partial charge is 0.319 e. The number of fused-ring (bicyclic) bond motifs is 1. The van der Waals surface area contributed by atoms with Crippen molar-refractivity contribution in [3.05, 3.63) is 81.7 Å². The third-order valence-electron chi connectivity index (χ3n) is 3.94. The van der Waals surface area contributed by atoms with Gasteiger partial charge in [0, 0.05) is 29.5 Å². The van der Waals surface area contributed by atoms with Crippen LogP contribution in [0.2, 0.25) is 0 Å². The highest BCUT2D eigenvalue weighted by Gasteiger charge is 2.17. The van der Waals surface area contributed by atoms with Crippen LogP contribution in [0.4, 0.5) is 4.39 Å². The van der Waals surface area contributed by atoms with Crippen molar-refractivity contribution in [3.8, 4) is 0 Å². The van der Waals surface area contributed by atoms with E-state index in [2.05, 4.69) is 15.1 Å². The summed E-state index contributed by atoms with van der Waals surface area (Å²) in [5.74, 6) is -0.702. The summed E-state index contributed by atoms with van der Waals surface area (Å²) in [6.07, 6.45) is 5.12. The first-order valence-corrected chi connectivity index (χ1v) is 8.78. The second-order valence-corrected chi connectivity index (χ2v) is 6.54. The Kier molecular flexibility index (Phi) is 4.18. The molecule has 0 fully saturated rings. The number of hydrogen-bond acceptors (Lipinski definition) is 4. The zero-order valence-corrected chi connectivity index (χ0v) is 14.7. The molecule has 4 aromatic rings. The lowest BCUT2D eigenvalue weighted by molar-refractivity contribution is 0.0998. The predicted octanol–water partition coefficient (Wildman–Crippen LogP) is 2.83. The quantitative estimate of drug-likeness (QED) is 0.559. The number of aromatic nitrogens is 4. The molecule has 8 heteroatoms. The number of benzene rings is 1. The molecular weight excluding hydrogens is 353 g/mol. The Morgan fingerprint density at radius 2 is 2.12 bits per heavy atom. The van der Waals surface area contributed by atoms with Gasteiger partial charge in [0.05, 0.1) is 12.2 Å². The van der Waals surface area contributed by atoms with Crippen LogP contribution in [0.5, 0.6) is 0 Å². The summed E-state index contributed by atoms with van der Waals surface area (Å²) < 4.78 is 17.2. The Bertz CT molecular complexity index is 1170. The zero-order valence-electron chi connectivity index (χ0n) is 13.8. The van der Waals surface area contributed by atoms with Crippen molar-refractivity contribution in [1.82, 2.24) is 19.2 Å². The van der Waals surface area contributed by atoms with E-state index in [1.807, 2.05) is 5.38 Å². The number of thiazole rings is 1. The molecule has 0 spiro atoms. The molecule has 130 valence electrons. The molecule has 0 radical (unpaired) electrons. The molecule has 3 aromatic heterocycles. The number of halogens is 1. The van der Waals surface area contributed by atoms with Gasteiger partial charge in [0.1, 0.15) is 11.4 Å². The van der Waals surface area contributed by atoms with Crippen LogP contribution < -0.4 is 4.80 Å². The van der Waals surface area contributed by atoms with Crippen molar-refractivity contribution in [2.75, 3.05) is 0 Å². The van der Waals surface area contributed by atoms with Crippen LogP contribution in [0.15, 0.2) is 59.3 Å². The number of carbonyl (C=O) groups is 1. The van der Waals surface area contributed by atoms with Crippen LogP contribution in [0.1, 0.15) is 21.6 Å². The van der Waals surface area contributed by atoms with Gasteiger partial charge in [-0.3, -0.25) is 4.79 Å². The van der Waals surface area contributed by atoms with E-state index in [4.69, 9.17) is 0 Å². The molecule has 4 rings (SSSR count). The smallest absolute Gasteiger partial charge is 0.285 e. The topological polar surface area (TPSA) is 64.6 Å². The molecule has 0 N–H and O–H groups in total. The van der Waals surface area contributed by atoms with Gasteiger partial charge < -0.3 is 4.57 Å². The summed E-state index contributed by atoms with van der Waals surface area (Å²) in [6, 6.07) is 8.30. The molecule has 0 aliphatic rings. The summed E-state index contributed by atoms with van der Waals surface area (Å²) in [6.45, 7) is 2.05. The van der Waals surface area contributed by atoms with E-state index in [-0.39, 0.29) is 5.82 Å². The molecule has 0 saturated heterocycles. The highest BCUT2D eigenvalue weighted by atomic mass is 32.1. The van der Waals surface area contributed by atoms with E-state index in [1.54, 1.807) is 58.9 Å². The van der Waals surface area contributed by atoms with Crippen molar-refractivity contribution in [1.29, 1.82) is 0 Å². The van der Waals surface area contributed by atoms with Crippen molar-refractivity contribution in [2.24, 2.45) is 4.99 Å². The average molecular weight is 367 g/mol. The first kappa shape index (κ1) is 16.3. The van der Waals surface area contributed by atoms with Gasteiger partial charge in [0.15, 0.2) is 10.4 Å². The normalized spacial score (nSPS) is 12.0. The second-order valence-electron chi connectivity index (χ2n) is 5.67. The maximum atomic E-state index is 13.9. The van der Waals surface area contributed by atoms with Gasteiger partial charge in [-0.15, -0.1) is 11.3 Å². The van der Waals surface area contributed by atoms with Gasteiger partial charge in [-0.25, -0.2) is 13.9 Å². The Hall–Kier alpha value is -3.13. The molecule has 1 aromatic carbocycles. The van der Waals surface area contributed by atoms with Gasteiger partial charge >= 0.3 is 0 Å². The first-order chi connectivity index (χ1) is 12.6. The van der Waals surface area contributed by atoms with Gasteiger partial charge in [-0.1, -0.05) is 18.2 Å². The van der Waals surface area contributed by atoms with Crippen LogP contribution in [-0.4, -0.2) is 25.1 Å². The first-order valence-electron chi connectivity index (χ1n) is 7.90. The zero-order chi connectivity index (χ0) is 18.1. The minimum atomic E-state index is -0.416. The minimum Gasteiger partial charge on any atom is -0.319 e. The monoisotopic (exact) mass is 367 g/mol. The van der Waals surface area contributed by atoms with Gasteiger partial charge in [-0.2, -0.15) is 10.1 Å². The van der Waals surface area contributed by atoms with Crippen LogP contribution in [-0.2, 0) is 6.54 Å². The van der Waals surface area contributed by atoms with Crippen molar-refractivity contribution < 1.29 is 9.18 Å². The fourth-order valence-electron chi connectivity index (χ4n) is 2.71. The number of hydrogen-bond donors (Lipinski definition) is 0. The number of aryl methyl sites for hydroxylation is 1. The lowest BCUT2D eigenvalue weighted by Crippen LogP contribution is -2.18. The second kappa shape index (κ2) is 6.64. The molecule has 0 bridgehead atoms. The van der Waals surface area contributed by atoms with Crippen molar-refractivity contribution in [2.45, 2.75) is 13.5 Å². The number of rotatable bonds is 3. The molecule has 0 aliphatic heterocycles. The average Bonchev–Trinajstić information content (AvgIpc) is 3.19. The maximum Gasteiger partial charge on any atom is 0.285 e. The lowest BCUT2D eigenvalue weighted by Gasteiger charge is -2.04. The van der Waals surface area contributed by atoms with E-state index in [0.29, 0.717) is 33.8 Å². The van der Waals surface area contributed by atoms with E-state index >= 15 is 0 Å². The fourth-order valence-corrected chi connectivity index (χ4v) is 3.43. The maximum absolute atomic E-state index is 13.9. The highest BCUT2D eigenvalue weighted by Crippen LogP contribution is 2.14. The van der Waals surface area contributed by atoms with Crippen LogP contribution in [0, 0.1) is 12.7 Å². The number of carbonyl (C=O) groups excluding carboxylic acids is 1. The third-order valence-corrected chi connectivity index (χ3v) is 4.73. The molecule has 3 heterocycles. The summed E-state index contributed by atoms with van der Waals surface area (Å²) in [5.41, 5.74) is 1.94. The van der Waals surface area contributed by atoms with Gasteiger partial charge in [0.25, 0.3) is 5.91 Å². The standard InChI is InChI=1S/C18H14FN5OS/c1-12-15(16-20-7-4-8-24(16)22-12)17(25)21-18-23(9-10-26-18)11-13-5-2-3-6-14(13)19/h2-10H,11H2,1H3. The predicted molar refractivity (Wildman–Crippen MR) is 95.4 cm³/mol. The minimum absolute atomic E-state index is 0.286. The SMILES string of the molecule is Cc1nn2cccnc2c1C(=O)N=c1sccn1Cc1ccccc1F. The molecule has 0 saturated carbocycles. The summed E-state index contributed by atoms with van der Waals surface area (Å²) in [4.78, 5) is 21.7. The van der Waals surface area contributed by atoms with Gasteiger partial charge in [-0.05, 0) is 19.1 Å². The molecule has 0 atom stereocenters. The van der Waals surface area contributed by atoms with Crippen molar-refractivity contribution >= 4 is 22.9 Å². The molecule has 1 amide bonds. The summed E-state index contributed by atoms with van der Waals surface area (Å²) in [7, 11) is 0. The van der Waals surface area contributed by atoms with E-state index in [1.165, 1.54) is 17.4 Å². The number of amides is 1. The van der Waals surface area contributed by atoms with Crippen LogP contribution in [0.3, 0.4) is 0 Å². The number of nitrogens with zero attached hydrogens (tertiary/aromatic N) is 5. The van der Waals surface area contributed by atoms with E-state index < -0.39 is 5.91 Å². The fraction of sp³-hybridized carbons (Fsp3) is 0.111. The molecule has 26 heavy (non-hydrogen) atoms. The summed E-state index contributed by atoms with van der Waals surface area (Å²) >= 11 is 1.32.